The number of anilines is 1. The number of carbonyl (C=O) groups excluding carboxylic acids is 2. The normalized spacial score (nSPS) is 20.0. The topological polar surface area (TPSA) is 78.4 Å². The van der Waals surface area contributed by atoms with E-state index < -0.39 is 0 Å². The molecule has 1 aliphatic carbocycles. The summed E-state index contributed by atoms with van der Waals surface area (Å²) in [6.07, 6.45) is 9.42. The molecule has 1 aromatic rings. The number of aromatic nitrogens is 2. The number of hydrogen-bond donors (Lipinski definition) is 1. The van der Waals surface area contributed by atoms with Gasteiger partial charge in [0.15, 0.2) is 0 Å². The average Bonchev–Trinajstić information content (AvgIpc) is 3.14. The van der Waals surface area contributed by atoms with Crippen LogP contribution in [0.3, 0.4) is 0 Å². The van der Waals surface area contributed by atoms with E-state index in [1.807, 2.05) is 4.90 Å². The van der Waals surface area contributed by atoms with Gasteiger partial charge in [0.1, 0.15) is 11.9 Å². The van der Waals surface area contributed by atoms with Crippen molar-refractivity contribution in [1.29, 1.82) is 0 Å². The first kappa shape index (κ1) is 16.7. The van der Waals surface area contributed by atoms with Crippen molar-refractivity contribution in [1.82, 2.24) is 20.2 Å². The van der Waals surface area contributed by atoms with E-state index in [-0.39, 0.29) is 23.8 Å². The van der Waals surface area contributed by atoms with Gasteiger partial charge < -0.3 is 15.1 Å². The van der Waals surface area contributed by atoms with Gasteiger partial charge in [0, 0.05) is 45.5 Å². The van der Waals surface area contributed by atoms with E-state index in [1.54, 1.807) is 18.6 Å². The van der Waals surface area contributed by atoms with Crippen LogP contribution in [0, 0.1) is 5.92 Å². The lowest BCUT2D eigenvalue weighted by molar-refractivity contribution is -0.137. The molecule has 7 heteroatoms. The molecule has 0 bridgehead atoms. The SMILES string of the molecule is CC(=O)N[C@@H](C(=O)N1CCN(c2cnccn2)CC1)C1CCCC1. The van der Waals surface area contributed by atoms with Crippen LogP contribution < -0.4 is 10.2 Å². The van der Waals surface area contributed by atoms with Gasteiger partial charge in [0.05, 0.1) is 6.20 Å². The highest BCUT2D eigenvalue weighted by Gasteiger charge is 2.35. The monoisotopic (exact) mass is 331 g/mol. The molecule has 1 aromatic heterocycles. The quantitative estimate of drug-likeness (QED) is 0.884. The number of nitrogens with one attached hydrogen (secondary N) is 1. The molecule has 2 amide bonds. The Morgan fingerprint density at radius 1 is 1.17 bits per heavy atom. The Kier molecular flexibility index (Phi) is 5.27. The molecule has 2 heterocycles. The van der Waals surface area contributed by atoms with Gasteiger partial charge >= 0.3 is 0 Å². The summed E-state index contributed by atoms with van der Waals surface area (Å²) in [6, 6.07) is -0.368. The van der Waals surface area contributed by atoms with Gasteiger partial charge in [-0.2, -0.15) is 0 Å². The summed E-state index contributed by atoms with van der Waals surface area (Å²) in [5.74, 6) is 1.06. The first-order valence-electron chi connectivity index (χ1n) is 8.72. The Balaban J connectivity index is 1.61. The lowest BCUT2D eigenvalue weighted by Crippen LogP contribution is -2.56. The molecule has 7 nitrogen and oxygen atoms in total. The summed E-state index contributed by atoms with van der Waals surface area (Å²) in [5, 5.41) is 2.90. The van der Waals surface area contributed by atoms with Crippen molar-refractivity contribution in [2.45, 2.75) is 38.6 Å². The zero-order valence-electron chi connectivity index (χ0n) is 14.1. The highest BCUT2D eigenvalue weighted by atomic mass is 16.2. The predicted octanol–water partition coefficient (Wildman–Crippen LogP) is 0.820. The van der Waals surface area contributed by atoms with Crippen molar-refractivity contribution >= 4 is 17.6 Å². The fraction of sp³-hybridized carbons (Fsp3) is 0.647. The van der Waals surface area contributed by atoms with Gasteiger partial charge in [-0.3, -0.25) is 14.6 Å². The van der Waals surface area contributed by atoms with Crippen molar-refractivity contribution in [2.75, 3.05) is 31.1 Å². The first-order chi connectivity index (χ1) is 11.6. The minimum atomic E-state index is -0.368. The summed E-state index contributed by atoms with van der Waals surface area (Å²) in [7, 11) is 0. The Labute approximate surface area is 142 Å². The highest BCUT2D eigenvalue weighted by Crippen LogP contribution is 2.29. The van der Waals surface area contributed by atoms with E-state index in [2.05, 4.69) is 20.2 Å². The molecule has 2 fully saturated rings. The molecule has 2 aliphatic rings. The summed E-state index contributed by atoms with van der Waals surface area (Å²) in [4.78, 5) is 36.9. The maximum absolute atomic E-state index is 12.9. The standard InChI is InChI=1S/C17H25N5O2/c1-13(23)20-16(14-4-2-3-5-14)17(24)22-10-8-21(9-11-22)15-12-18-6-7-19-15/h6-7,12,14,16H,2-5,8-11H2,1H3,(H,20,23)/t16-/m1/s1. The van der Waals surface area contributed by atoms with Crippen molar-refractivity contribution in [2.24, 2.45) is 5.92 Å². The molecule has 130 valence electrons. The van der Waals surface area contributed by atoms with Crippen molar-refractivity contribution in [3.8, 4) is 0 Å². The summed E-state index contributed by atoms with van der Waals surface area (Å²) < 4.78 is 0. The second-order valence-corrected chi connectivity index (χ2v) is 6.60. The lowest BCUT2D eigenvalue weighted by Gasteiger charge is -2.38. The number of amides is 2. The van der Waals surface area contributed by atoms with Gasteiger partial charge in [-0.25, -0.2) is 4.98 Å². The van der Waals surface area contributed by atoms with Crippen LogP contribution in [-0.4, -0.2) is 58.9 Å². The van der Waals surface area contributed by atoms with E-state index in [0.29, 0.717) is 13.1 Å². The third-order valence-electron chi connectivity index (χ3n) is 4.96. The molecule has 1 atom stereocenters. The molecule has 1 aliphatic heterocycles. The number of rotatable bonds is 4. The third-order valence-corrected chi connectivity index (χ3v) is 4.96. The van der Waals surface area contributed by atoms with Crippen molar-refractivity contribution < 1.29 is 9.59 Å². The van der Waals surface area contributed by atoms with E-state index in [9.17, 15) is 9.59 Å². The zero-order chi connectivity index (χ0) is 16.9. The summed E-state index contributed by atoms with van der Waals surface area (Å²) in [6.45, 7) is 4.27. The Morgan fingerprint density at radius 2 is 1.88 bits per heavy atom. The van der Waals surface area contributed by atoms with Gasteiger partial charge in [-0.15, -0.1) is 0 Å². The molecule has 24 heavy (non-hydrogen) atoms. The highest BCUT2D eigenvalue weighted by molar-refractivity contribution is 5.87. The van der Waals surface area contributed by atoms with Crippen molar-refractivity contribution in [3.05, 3.63) is 18.6 Å². The molecule has 0 unspecified atom stereocenters. The van der Waals surface area contributed by atoms with Crippen LogP contribution in [0.2, 0.25) is 0 Å². The maximum Gasteiger partial charge on any atom is 0.245 e. The molecule has 1 saturated carbocycles. The molecule has 3 rings (SSSR count). The van der Waals surface area contributed by atoms with Gasteiger partial charge in [0.2, 0.25) is 11.8 Å². The molecule has 0 aromatic carbocycles. The Bertz CT molecular complexity index is 566. The Hall–Kier alpha value is -2.18. The van der Waals surface area contributed by atoms with Crippen LogP contribution in [0.5, 0.6) is 0 Å². The smallest absolute Gasteiger partial charge is 0.245 e. The maximum atomic E-state index is 12.9. The average molecular weight is 331 g/mol. The lowest BCUT2D eigenvalue weighted by atomic mass is 9.96. The van der Waals surface area contributed by atoms with Crippen LogP contribution in [-0.2, 0) is 9.59 Å². The minimum absolute atomic E-state index is 0.0656. The fourth-order valence-electron chi connectivity index (χ4n) is 3.70. The summed E-state index contributed by atoms with van der Waals surface area (Å²) in [5.41, 5.74) is 0. The molecule has 0 radical (unpaired) electrons. The first-order valence-corrected chi connectivity index (χ1v) is 8.72. The van der Waals surface area contributed by atoms with Crippen LogP contribution in [0.15, 0.2) is 18.6 Å². The van der Waals surface area contributed by atoms with E-state index in [0.717, 1.165) is 44.6 Å². The predicted molar refractivity (Wildman–Crippen MR) is 90.4 cm³/mol. The van der Waals surface area contributed by atoms with Crippen molar-refractivity contribution in [3.63, 3.8) is 0 Å². The van der Waals surface area contributed by atoms with E-state index in [1.165, 1.54) is 6.92 Å². The number of piperazine rings is 1. The molecule has 1 saturated heterocycles. The Morgan fingerprint density at radius 3 is 2.46 bits per heavy atom. The summed E-state index contributed by atoms with van der Waals surface area (Å²) >= 11 is 0. The van der Waals surface area contributed by atoms with Crippen LogP contribution in [0.25, 0.3) is 0 Å². The largest absolute Gasteiger partial charge is 0.352 e. The van der Waals surface area contributed by atoms with Gasteiger partial charge in [-0.05, 0) is 18.8 Å². The van der Waals surface area contributed by atoms with Crippen LogP contribution in [0.1, 0.15) is 32.6 Å². The molecular weight excluding hydrogens is 306 g/mol. The third kappa shape index (κ3) is 3.83. The second kappa shape index (κ2) is 7.59. The van der Waals surface area contributed by atoms with Crippen LogP contribution >= 0.6 is 0 Å². The van der Waals surface area contributed by atoms with Gasteiger partial charge in [-0.1, -0.05) is 12.8 Å². The minimum Gasteiger partial charge on any atom is -0.352 e. The van der Waals surface area contributed by atoms with Gasteiger partial charge in [0.25, 0.3) is 0 Å². The molecular formula is C17H25N5O2. The number of hydrogen-bond acceptors (Lipinski definition) is 5. The molecule has 0 spiro atoms. The van der Waals surface area contributed by atoms with E-state index >= 15 is 0 Å². The fourth-order valence-corrected chi connectivity index (χ4v) is 3.70. The number of carbonyl (C=O) groups is 2. The van der Waals surface area contributed by atoms with Crippen LogP contribution in [0.4, 0.5) is 5.82 Å². The van der Waals surface area contributed by atoms with E-state index in [4.69, 9.17) is 0 Å². The number of nitrogens with zero attached hydrogens (tertiary/aromatic N) is 4. The molecule has 1 N–H and O–H groups in total. The zero-order valence-corrected chi connectivity index (χ0v) is 14.1. The second-order valence-electron chi connectivity index (χ2n) is 6.60.